The van der Waals surface area contributed by atoms with Crippen molar-refractivity contribution in [1.29, 1.82) is 0 Å². The molecular formula is C13H15ClFNO. The molecule has 1 N–H and O–H groups in total. The van der Waals surface area contributed by atoms with Gasteiger partial charge < -0.3 is 5.32 Å². The summed E-state index contributed by atoms with van der Waals surface area (Å²) in [7, 11) is 0. The van der Waals surface area contributed by atoms with Crippen molar-refractivity contribution >= 4 is 17.5 Å². The number of amides is 1. The summed E-state index contributed by atoms with van der Waals surface area (Å²) in [5.41, 5.74) is 0.807. The predicted octanol–water partition coefficient (Wildman–Crippen LogP) is 2.50. The summed E-state index contributed by atoms with van der Waals surface area (Å²) in [4.78, 5) is 11.6. The van der Waals surface area contributed by atoms with Gasteiger partial charge in [-0.1, -0.05) is 12.1 Å². The highest BCUT2D eigenvalue weighted by Crippen LogP contribution is 2.35. The monoisotopic (exact) mass is 255 g/mol. The largest absolute Gasteiger partial charge is 0.354 e. The van der Waals surface area contributed by atoms with Crippen LogP contribution in [-0.2, 0) is 11.2 Å². The van der Waals surface area contributed by atoms with Crippen LogP contribution in [0.5, 0.6) is 0 Å². The van der Waals surface area contributed by atoms with Crippen LogP contribution in [0, 0.1) is 11.7 Å². The molecule has 1 unspecified atom stereocenters. The quantitative estimate of drug-likeness (QED) is 0.805. The van der Waals surface area contributed by atoms with Gasteiger partial charge in [-0.05, 0) is 36.5 Å². The second-order valence-corrected chi connectivity index (χ2v) is 5.02. The van der Waals surface area contributed by atoms with Crippen molar-refractivity contribution in [1.82, 2.24) is 5.32 Å². The number of nitrogens with one attached hydrogen (secondary N) is 1. The van der Waals surface area contributed by atoms with Crippen molar-refractivity contribution < 1.29 is 9.18 Å². The zero-order chi connectivity index (χ0) is 12.3. The molecule has 1 amide bonds. The van der Waals surface area contributed by atoms with Crippen molar-refractivity contribution in [2.75, 3.05) is 6.54 Å². The molecule has 2 nitrogen and oxygen atoms in total. The van der Waals surface area contributed by atoms with Gasteiger partial charge in [0.25, 0.3) is 0 Å². The number of benzene rings is 1. The molecule has 1 aromatic carbocycles. The summed E-state index contributed by atoms with van der Waals surface area (Å²) in [6.45, 7) is 0.520. The van der Waals surface area contributed by atoms with E-state index in [1.54, 1.807) is 12.1 Å². The highest BCUT2D eigenvalue weighted by molar-refractivity contribution is 6.21. The summed E-state index contributed by atoms with van der Waals surface area (Å²) >= 11 is 6.08. The first-order valence-electron chi connectivity index (χ1n) is 5.80. The first kappa shape index (κ1) is 12.4. The zero-order valence-electron chi connectivity index (χ0n) is 9.46. The minimum atomic E-state index is -0.288. The molecule has 17 heavy (non-hydrogen) atoms. The maximum Gasteiger partial charge on any atom is 0.224 e. The summed E-state index contributed by atoms with van der Waals surface area (Å²) in [6.07, 6.45) is 2.61. The van der Waals surface area contributed by atoms with Gasteiger partial charge in [0.2, 0.25) is 5.91 Å². The van der Waals surface area contributed by atoms with Crippen LogP contribution in [0.25, 0.3) is 0 Å². The summed E-state index contributed by atoms with van der Waals surface area (Å²) in [6, 6.07) is 5.95. The highest BCUT2D eigenvalue weighted by Gasteiger charge is 2.29. The highest BCUT2D eigenvalue weighted by atomic mass is 35.5. The Bertz CT molecular complexity index is 389. The van der Waals surface area contributed by atoms with Crippen LogP contribution >= 0.6 is 11.6 Å². The van der Waals surface area contributed by atoms with E-state index in [9.17, 15) is 9.18 Å². The molecular weight excluding hydrogens is 241 g/mol. The number of rotatable bonds is 5. The van der Waals surface area contributed by atoms with Crippen LogP contribution in [0.15, 0.2) is 24.3 Å². The molecule has 0 aliphatic heterocycles. The molecule has 1 aliphatic carbocycles. The van der Waals surface area contributed by atoms with Crippen molar-refractivity contribution in [3.8, 4) is 0 Å². The van der Waals surface area contributed by atoms with E-state index in [2.05, 4.69) is 5.32 Å². The summed E-state index contributed by atoms with van der Waals surface area (Å²) in [5, 5.41) is 2.85. The van der Waals surface area contributed by atoms with Crippen LogP contribution < -0.4 is 5.32 Å². The normalized spacial score (nSPS) is 16.6. The average Bonchev–Trinajstić information content (AvgIpc) is 3.13. The zero-order valence-corrected chi connectivity index (χ0v) is 10.2. The van der Waals surface area contributed by atoms with Gasteiger partial charge in [-0.3, -0.25) is 4.79 Å². The Balaban J connectivity index is 1.74. The minimum Gasteiger partial charge on any atom is -0.354 e. The molecule has 0 saturated heterocycles. The van der Waals surface area contributed by atoms with Gasteiger partial charge in [0.15, 0.2) is 0 Å². The molecule has 1 aromatic rings. The molecule has 0 heterocycles. The Labute approximate surface area is 105 Å². The molecule has 0 aromatic heterocycles. The number of carbonyl (C=O) groups excluding carboxylic acids is 1. The van der Waals surface area contributed by atoms with Gasteiger partial charge in [-0.15, -0.1) is 11.6 Å². The molecule has 1 saturated carbocycles. The topological polar surface area (TPSA) is 29.1 Å². The number of halogens is 2. The molecule has 0 spiro atoms. The van der Waals surface area contributed by atoms with E-state index in [-0.39, 0.29) is 23.5 Å². The third-order valence-electron chi connectivity index (χ3n) is 2.91. The lowest BCUT2D eigenvalue weighted by molar-refractivity contribution is -0.120. The van der Waals surface area contributed by atoms with Gasteiger partial charge in [0, 0.05) is 6.54 Å². The first-order chi connectivity index (χ1) is 8.15. The lowest BCUT2D eigenvalue weighted by atomic mass is 10.1. The third-order valence-corrected chi connectivity index (χ3v) is 3.42. The van der Waals surface area contributed by atoms with E-state index < -0.39 is 0 Å². The maximum absolute atomic E-state index is 12.7. The number of alkyl halides is 1. The van der Waals surface area contributed by atoms with Crippen LogP contribution in [-0.4, -0.2) is 17.8 Å². The van der Waals surface area contributed by atoms with Crippen molar-refractivity contribution in [3.63, 3.8) is 0 Å². The maximum atomic E-state index is 12.7. The summed E-state index contributed by atoms with van der Waals surface area (Å²) < 4.78 is 12.7. The van der Waals surface area contributed by atoms with E-state index >= 15 is 0 Å². The number of carbonyl (C=O) groups is 1. The molecule has 0 radical (unpaired) electrons. The van der Waals surface area contributed by atoms with Gasteiger partial charge in [-0.25, -0.2) is 4.39 Å². The number of hydrogen-bond donors (Lipinski definition) is 1. The van der Waals surface area contributed by atoms with Crippen molar-refractivity contribution in [2.45, 2.75) is 24.6 Å². The van der Waals surface area contributed by atoms with Gasteiger partial charge >= 0.3 is 0 Å². The average molecular weight is 256 g/mol. The van der Waals surface area contributed by atoms with E-state index in [0.717, 1.165) is 5.56 Å². The number of hydrogen-bond acceptors (Lipinski definition) is 1. The van der Waals surface area contributed by atoms with E-state index in [0.29, 0.717) is 12.5 Å². The third kappa shape index (κ3) is 4.00. The van der Waals surface area contributed by atoms with Crippen LogP contribution in [0.2, 0.25) is 0 Å². The SMILES string of the molecule is O=C(Cc1ccc(F)cc1)NCC(Cl)C1CC1. The molecule has 4 heteroatoms. The fourth-order valence-electron chi connectivity index (χ4n) is 1.69. The Morgan fingerprint density at radius 3 is 2.65 bits per heavy atom. The minimum absolute atomic E-state index is 0.0483. The Morgan fingerprint density at radius 2 is 2.06 bits per heavy atom. The smallest absolute Gasteiger partial charge is 0.224 e. The molecule has 0 bridgehead atoms. The Hall–Kier alpha value is -1.09. The lowest BCUT2D eigenvalue weighted by Crippen LogP contribution is -2.31. The molecule has 1 aliphatic rings. The fraction of sp³-hybridized carbons (Fsp3) is 0.462. The van der Waals surface area contributed by atoms with Gasteiger partial charge in [0.05, 0.1) is 11.8 Å². The van der Waals surface area contributed by atoms with Crippen molar-refractivity contribution in [2.24, 2.45) is 5.92 Å². The predicted molar refractivity (Wildman–Crippen MR) is 65.5 cm³/mol. The first-order valence-corrected chi connectivity index (χ1v) is 6.24. The van der Waals surface area contributed by atoms with Crippen LogP contribution in [0.1, 0.15) is 18.4 Å². The molecule has 1 fully saturated rings. The van der Waals surface area contributed by atoms with Gasteiger partial charge in [0.1, 0.15) is 5.82 Å². The summed E-state index contributed by atoms with van der Waals surface area (Å²) in [5.74, 6) is 0.217. The molecule has 2 rings (SSSR count). The van der Waals surface area contributed by atoms with E-state index in [4.69, 9.17) is 11.6 Å². The van der Waals surface area contributed by atoms with Gasteiger partial charge in [-0.2, -0.15) is 0 Å². The fourth-order valence-corrected chi connectivity index (χ4v) is 2.02. The second-order valence-electron chi connectivity index (χ2n) is 4.46. The van der Waals surface area contributed by atoms with E-state index in [1.807, 2.05) is 0 Å². The lowest BCUT2D eigenvalue weighted by Gasteiger charge is -2.09. The van der Waals surface area contributed by atoms with Crippen LogP contribution in [0.3, 0.4) is 0 Å². The van der Waals surface area contributed by atoms with Crippen molar-refractivity contribution in [3.05, 3.63) is 35.6 Å². The van der Waals surface area contributed by atoms with Crippen LogP contribution in [0.4, 0.5) is 4.39 Å². The van der Waals surface area contributed by atoms with E-state index in [1.165, 1.54) is 25.0 Å². The molecule has 1 atom stereocenters. The second kappa shape index (κ2) is 5.50. The standard InChI is InChI=1S/C13H15ClFNO/c14-12(10-3-4-10)8-16-13(17)7-9-1-5-11(15)6-2-9/h1-2,5-6,10,12H,3-4,7-8H2,(H,16,17). The Morgan fingerprint density at radius 1 is 1.41 bits per heavy atom. The Kier molecular flexibility index (Phi) is 4.00. The molecule has 92 valence electrons.